The first kappa shape index (κ1) is 14.6. The van der Waals surface area contributed by atoms with Gasteiger partial charge in [0.15, 0.2) is 0 Å². The molecule has 1 nitrogen and oxygen atoms in total. The zero-order chi connectivity index (χ0) is 14.1. The van der Waals surface area contributed by atoms with Gasteiger partial charge in [0.25, 0.3) is 0 Å². The summed E-state index contributed by atoms with van der Waals surface area (Å²) in [6, 6.07) is 8.58. The Morgan fingerprint density at radius 3 is 2.00 bits per heavy atom. The Bertz CT molecular complexity index is 404. The highest BCUT2D eigenvalue weighted by atomic mass is 16.3. The molecule has 1 aromatic rings. The van der Waals surface area contributed by atoms with Crippen LogP contribution in [0.2, 0.25) is 0 Å². The molecule has 0 heterocycles. The van der Waals surface area contributed by atoms with Gasteiger partial charge < -0.3 is 5.11 Å². The second-order valence-electron chi connectivity index (χ2n) is 7.49. The molecule has 19 heavy (non-hydrogen) atoms. The molecule has 0 aliphatic heterocycles. The molecular weight excluding hydrogens is 232 g/mol. The van der Waals surface area contributed by atoms with Gasteiger partial charge in [-0.05, 0) is 34.8 Å². The van der Waals surface area contributed by atoms with Gasteiger partial charge in [0.05, 0.1) is 6.10 Å². The van der Waals surface area contributed by atoms with Crippen LogP contribution in [0.3, 0.4) is 0 Å². The van der Waals surface area contributed by atoms with E-state index in [1.54, 1.807) is 0 Å². The summed E-state index contributed by atoms with van der Waals surface area (Å²) in [6.45, 7) is 8.91. The highest BCUT2D eigenvalue weighted by molar-refractivity contribution is 5.29. The van der Waals surface area contributed by atoms with Gasteiger partial charge in [-0.2, -0.15) is 0 Å². The molecule has 0 amide bonds. The number of hydrogen-bond acceptors (Lipinski definition) is 1. The maximum atomic E-state index is 10.7. The molecule has 1 aromatic carbocycles. The summed E-state index contributed by atoms with van der Waals surface area (Å²) in [6.07, 6.45) is 5.82. The topological polar surface area (TPSA) is 20.2 Å². The van der Waals surface area contributed by atoms with Crippen molar-refractivity contribution in [3.8, 4) is 0 Å². The maximum Gasteiger partial charge on any atom is 0.0843 e. The monoisotopic (exact) mass is 260 g/mol. The quantitative estimate of drug-likeness (QED) is 0.794. The third-order valence-corrected chi connectivity index (χ3v) is 4.75. The zero-order valence-corrected chi connectivity index (χ0v) is 12.9. The van der Waals surface area contributed by atoms with Gasteiger partial charge in [-0.3, -0.25) is 0 Å². The SMILES string of the molecule is CC(C)(C)c1ccc(C(O)C2(C)CCCCC2)cc1. The van der Waals surface area contributed by atoms with Gasteiger partial charge in [0.1, 0.15) is 0 Å². The molecule has 0 saturated heterocycles. The number of hydrogen-bond donors (Lipinski definition) is 1. The van der Waals surface area contributed by atoms with Crippen LogP contribution in [0.25, 0.3) is 0 Å². The summed E-state index contributed by atoms with van der Waals surface area (Å²) in [5, 5.41) is 10.7. The second kappa shape index (κ2) is 5.28. The number of rotatable bonds is 2. The summed E-state index contributed by atoms with van der Waals surface area (Å²) < 4.78 is 0. The molecule has 1 aliphatic carbocycles. The van der Waals surface area contributed by atoms with Crippen molar-refractivity contribution in [1.29, 1.82) is 0 Å². The maximum absolute atomic E-state index is 10.7. The molecule has 1 N–H and O–H groups in total. The normalized spacial score (nSPS) is 21.1. The minimum atomic E-state index is -0.318. The Hall–Kier alpha value is -0.820. The first-order valence-corrected chi connectivity index (χ1v) is 7.61. The van der Waals surface area contributed by atoms with Crippen molar-refractivity contribution < 1.29 is 5.11 Å². The van der Waals surface area contributed by atoms with Gasteiger partial charge in [-0.25, -0.2) is 0 Å². The lowest BCUT2D eigenvalue weighted by atomic mass is 9.70. The van der Waals surface area contributed by atoms with E-state index in [0.29, 0.717) is 0 Å². The molecule has 1 saturated carbocycles. The van der Waals surface area contributed by atoms with Gasteiger partial charge in [-0.1, -0.05) is 71.2 Å². The van der Waals surface area contributed by atoms with Crippen LogP contribution in [0.5, 0.6) is 0 Å². The molecule has 1 heteroatoms. The number of benzene rings is 1. The summed E-state index contributed by atoms with van der Waals surface area (Å²) in [4.78, 5) is 0. The number of aliphatic hydroxyl groups is 1. The van der Waals surface area contributed by atoms with Gasteiger partial charge >= 0.3 is 0 Å². The van der Waals surface area contributed by atoms with E-state index in [9.17, 15) is 5.11 Å². The molecule has 106 valence electrons. The van der Waals surface area contributed by atoms with Crippen molar-refractivity contribution in [3.63, 3.8) is 0 Å². The molecule has 1 aliphatic rings. The molecule has 0 radical (unpaired) electrons. The Labute approximate surface area is 118 Å². The van der Waals surface area contributed by atoms with Crippen LogP contribution in [-0.4, -0.2) is 5.11 Å². The van der Waals surface area contributed by atoms with Crippen LogP contribution in [0, 0.1) is 5.41 Å². The predicted octanol–water partition coefficient (Wildman–Crippen LogP) is 4.99. The van der Waals surface area contributed by atoms with Crippen molar-refractivity contribution in [1.82, 2.24) is 0 Å². The van der Waals surface area contributed by atoms with Crippen molar-refractivity contribution in [2.24, 2.45) is 5.41 Å². The summed E-state index contributed by atoms with van der Waals surface area (Å²) in [5.74, 6) is 0. The van der Waals surface area contributed by atoms with Crippen molar-refractivity contribution in [2.45, 2.75) is 71.3 Å². The van der Waals surface area contributed by atoms with E-state index in [1.165, 1.54) is 24.8 Å². The van der Waals surface area contributed by atoms with E-state index < -0.39 is 0 Å². The summed E-state index contributed by atoms with van der Waals surface area (Å²) in [7, 11) is 0. The van der Waals surface area contributed by atoms with E-state index in [-0.39, 0.29) is 16.9 Å². The fraction of sp³-hybridized carbons (Fsp3) is 0.667. The minimum absolute atomic E-state index is 0.0709. The van der Waals surface area contributed by atoms with Gasteiger partial charge in [-0.15, -0.1) is 0 Å². The molecule has 0 bridgehead atoms. The Kier molecular flexibility index (Phi) is 4.06. The van der Waals surface area contributed by atoms with Crippen LogP contribution in [-0.2, 0) is 5.41 Å². The average Bonchev–Trinajstić information content (AvgIpc) is 2.38. The molecular formula is C18H28O. The van der Waals surface area contributed by atoms with Crippen LogP contribution in [0.15, 0.2) is 24.3 Å². The minimum Gasteiger partial charge on any atom is -0.388 e. The molecule has 1 fully saturated rings. The smallest absolute Gasteiger partial charge is 0.0843 e. The zero-order valence-electron chi connectivity index (χ0n) is 12.9. The van der Waals surface area contributed by atoms with Crippen molar-refractivity contribution in [3.05, 3.63) is 35.4 Å². The molecule has 0 aromatic heterocycles. The molecule has 1 atom stereocenters. The highest BCUT2D eigenvalue weighted by Crippen LogP contribution is 2.45. The Morgan fingerprint density at radius 2 is 1.53 bits per heavy atom. The average molecular weight is 260 g/mol. The van der Waals surface area contributed by atoms with E-state index in [0.717, 1.165) is 18.4 Å². The van der Waals surface area contributed by atoms with Crippen molar-refractivity contribution >= 4 is 0 Å². The Morgan fingerprint density at radius 1 is 1.00 bits per heavy atom. The first-order valence-electron chi connectivity index (χ1n) is 7.61. The lowest BCUT2D eigenvalue weighted by molar-refractivity contribution is 0.00817. The van der Waals surface area contributed by atoms with E-state index in [2.05, 4.69) is 52.0 Å². The molecule has 2 rings (SSSR count). The largest absolute Gasteiger partial charge is 0.388 e. The van der Waals surface area contributed by atoms with Gasteiger partial charge in [0.2, 0.25) is 0 Å². The van der Waals surface area contributed by atoms with Crippen LogP contribution >= 0.6 is 0 Å². The second-order valence-corrected chi connectivity index (χ2v) is 7.49. The standard InChI is InChI=1S/C18H28O/c1-17(2,3)15-10-8-14(9-11-15)16(19)18(4)12-6-5-7-13-18/h8-11,16,19H,5-7,12-13H2,1-4H3. The van der Waals surface area contributed by atoms with E-state index >= 15 is 0 Å². The van der Waals surface area contributed by atoms with Crippen LogP contribution in [0.1, 0.15) is 77.0 Å². The summed E-state index contributed by atoms with van der Waals surface area (Å²) in [5.41, 5.74) is 2.66. The van der Waals surface area contributed by atoms with Gasteiger partial charge in [0, 0.05) is 0 Å². The fourth-order valence-electron chi connectivity index (χ4n) is 3.20. The lowest BCUT2D eigenvalue weighted by Gasteiger charge is -2.38. The fourth-order valence-corrected chi connectivity index (χ4v) is 3.20. The third kappa shape index (κ3) is 3.20. The predicted molar refractivity (Wildman–Crippen MR) is 81.3 cm³/mol. The number of aliphatic hydroxyl groups excluding tert-OH is 1. The van der Waals surface area contributed by atoms with Crippen LogP contribution < -0.4 is 0 Å². The molecule has 1 unspecified atom stereocenters. The summed E-state index contributed by atoms with van der Waals surface area (Å²) >= 11 is 0. The lowest BCUT2D eigenvalue weighted by Crippen LogP contribution is -2.28. The highest BCUT2D eigenvalue weighted by Gasteiger charge is 2.35. The third-order valence-electron chi connectivity index (χ3n) is 4.75. The van der Waals surface area contributed by atoms with E-state index in [1.807, 2.05) is 0 Å². The molecule has 0 spiro atoms. The van der Waals surface area contributed by atoms with Crippen molar-refractivity contribution in [2.75, 3.05) is 0 Å². The van der Waals surface area contributed by atoms with E-state index in [4.69, 9.17) is 0 Å². The Balaban J connectivity index is 2.17. The van der Waals surface area contributed by atoms with Crippen LogP contribution in [0.4, 0.5) is 0 Å². The first-order chi connectivity index (χ1) is 8.83.